The molecule has 2 aliphatic heterocycles. The van der Waals surface area contributed by atoms with Gasteiger partial charge in [-0.3, -0.25) is 0 Å². The van der Waals surface area contributed by atoms with E-state index in [0.29, 0.717) is 22.7 Å². The monoisotopic (exact) mass is 647 g/mol. The molecule has 0 radical (unpaired) electrons. The number of likely N-dealkylation sites (N-methyl/N-ethyl adjacent to an activating group) is 1. The molecule has 8 nitrogen and oxygen atoms in total. The molecule has 0 fully saturated rings. The lowest BCUT2D eigenvalue weighted by Gasteiger charge is -2.29. The van der Waals surface area contributed by atoms with Gasteiger partial charge in [0.25, 0.3) is 0 Å². The quantitative estimate of drug-likeness (QED) is 0.248. The van der Waals surface area contributed by atoms with Crippen molar-refractivity contribution in [1.82, 2.24) is 9.88 Å². The van der Waals surface area contributed by atoms with E-state index < -0.39 is 11.9 Å². The van der Waals surface area contributed by atoms with Crippen LogP contribution in [-0.4, -0.2) is 41.8 Å². The maximum Gasteiger partial charge on any atom is 0.338 e. The van der Waals surface area contributed by atoms with Crippen molar-refractivity contribution in [2.75, 3.05) is 26.0 Å². The summed E-state index contributed by atoms with van der Waals surface area (Å²) in [6.07, 6.45) is 0.766. The number of esters is 1. The molecule has 0 unspecified atom stereocenters. The molecule has 11 heteroatoms. The van der Waals surface area contributed by atoms with Crippen molar-refractivity contribution in [2.45, 2.75) is 30.8 Å². The number of hydrogen-bond donors (Lipinski definition) is 1. The summed E-state index contributed by atoms with van der Waals surface area (Å²) in [6, 6.07) is 15.9. The van der Waals surface area contributed by atoms with Crippen molar-refractivity contribution in [3.05, 3.63) is 91.4 Å². The minimum atomic E-state index is -0.789. The van der Waals surface area contributed by atoms with E-state index in [0.717, 1.165) is 39.1 Å². The largest absolute Gasteiger partial charge is 0.463 e. The Balaban J connectivity index is 1.62. The predicted molar refractivity (Wildman–Crippen MR) is 161 cm³/mol. The topological polar surface area (TPSA) is 125 Å². The van der Waals surface area contributed by atoms with Gasteiger partial charge in [-0.15, -0.1) is 11.3 Å². The number of hydrogen-bond acceptors (Lipinski definition) is 10. The molecule has 2 aliphatic rings. The third kappa shape index (κ3) is 5.64. The summed E-state index contributed by atoms with van der Waals surface area (Å²) in [7, 11) is 2.06. The SMILES string of the molecule is CCOC(=O)C1=C(CSc2nc3c(c(-c4cccs4)c2C#N)CN(C)CC3)OC(N)=C(C#N)[C@H]1c1ccccc1Br. The van der Waals surface area contributed by atoms with Crippen LogP contribution in [0.1, 0.15) is 35.2 Å². The fourth-order valence-corrected chi connectivity index (χ4v) is 7.35. The first-order valence-corrected chi connectivity index (χ1v) is 15.6. The number of carbonyl (C=O) groups is 1. The number of ether oxygens (including phenoxy) is 2. The minimum Gasteiger partial charge on any atom is -0.463 e. The van der Waals surface area contributed by atoms with Gasteiger partial charge >= 0.3 is 5.97 Å². The highest BCUT2D eigenvalue weighted by molar-refractivity contribution is 9.10. The molecule has 2 aromatic heterocycles. The van der Waals surface area contributed by atoms with Crippen LogP contribution in [-0.2, 0) is 27.2 Å². The Hall–Kier alpha value is -3.61. The molecule has 1 aromatic carbocycles. The molecule has 208 valence electrons. The molecular formula is C30H26BrN5O3S2. The predicted octanol–water partition coefficient (Wildman–Crippen LogP) is 5.85. The molecule has 1 atom stereocenters. The molecule has 41 heavy (non-hydrogen) atoms. The zero-order valence-corrected chi connectivity index (χ0v) is 25.7. The standard InChI is InChI=1S/C30H26BrN5O3S2/c1-3-38-30(37)27-23(39-28(34)18(13-32)26(27)17-7-4-5-8-21(17)31)16-41-29-19(14-33)25(24-9-6-12-40-24)20-15-36(2)11-10-22(20)35-29/h4-9,12,26H,3,10-11,15-16,34H2,1-2H3/t26-/m1/s1. The number of nitrogens with zero attached hydrogens (tertiary/aromatic N) is 4. The van der Waals surface area contributed by atoms with Crippen LogP contribution in [0.2, 0.25) is 0 Å². The highest BCUT2D eigenvalue weighted by Gasteiger charge is 2.38. The summed E-state index contributed by atoms with van der Waals surface area (Å²) in [5.41, 5.74) is 10.7. The Kier molecular flexibility index (Phi) is 8.81. The second-order valence-electron chi connectivity index (χ2n) is 9.46. The first-order valence-electron chi connectivity index (χ1n) is 12.9. The van der Waals surface area contributed by atoms with E-state index in [2.05, 4.69) is 40.0 Å². The van der Waals surface area contributed by atoms with Crippen LogP contribution in [0, 0.1) is 22.7 Å². The molecule has 0 spiro atoms. The van der Waals surface area contributed by atoms with E-state index in [1.54, 1.807) is 18.3 Å². The Morgan fingerprint density at radius 2 is 2.10 bits per heavy atom. The van der Waals surface area contributed by atoms with Gasteiger partial charge in [-0.25, -0.2) is 9.78 Å². The lowest BCUT2D eigenvalue weighted by atomic mass is 9.83. The Bertz CT molecular complexity index is 1650. The summed E-state index contributed by atoms with van der Waals surface area (Å²) in [4.78, 5) is 21.6. The molecule has 0 saturated heterocycles. The molecule has 4 heterocycles. The lowest BCUT2D eigenvalue weighted by Crippen LogP contribution is -2.28. The van der Waals surface area contributed by atoms with Gasteiger partial charge < -0.3 is 20.1 Å². The zero-order valence-electron chi connectivity index (χ0n) is 22.4. The van der Waals surface area contributed by atoms with Crippen molar-refractivity contribution in [2.24, 2.45) is 5.73 Å². The van der Waals surface area contributed by atoms with Gasteiger partial charge in [0.2, 0.25) is 5.88 Å². The van der Waals surface area contributed by atoms with Gasteiger partial charge in [0.15, 0.2) is 0 Å². The highest BCUT2D eigenvalue weighted by atomic mass is 79.9. The summed E-state index contributed by atoms with van der Waals surface area (Å²) >= 11 is 6.46. The van der Waals surface area contributed by atoms with Gasteiger partial charge in [-0.1, -0.05) is 52.0 Å². The second kappa shape index (κ2) is 12.5. The van der Waals surface area contributed by atoms with E-state index in [4.69, 9.17) is 20.2 Å². The Morgan fingerprint density at radius 1 is 1.29 bits per heavy atom. The summed E-state index contributed by atoms with van der Waals surface area (Å²) in [5, 5.41) is 22.9. The second-order valence-corrected chi connectivity index (χ2v) is 12.2. The fourth-order valence-electron chi connectivity index (χ4n) is 5.08. The van der Waals surface area contributed by atoms with Gasteiger partial charge in [0.05, 0.1) is 29.4 Å². The van der Waals surface area contributed by atoms with Crippen molar-refractivity contribution in [3.8, 4) is 22.6 Å². The first kappa shape index (κ1) is 28.9. The number of nitrogens with two attached hydrogens (primary N) is 1. The van der Waals surface area contributed by atoms with Crippen molar-refractivity contribution < 1.29 is 14.3 Å². The van der Waals surface area contributed by atoms with Crippen molar-refractivity contribution >= 4 is 45.0 Å². The number of benzene rings is 1. The molecule has 0 aliphatic carbocycles. The molecule has 0 amide bonds. The summed E-state index contributed by atoms with van der Waals surface area (Å²) in [5.74, 6) is -1.03. The lowest BCUT2D eigenvalue weighted by molar-refractivity contribution is -0.139. The number of thioether (sulfide) groups is 1. The molecule has 5 rings (SSSR count). The third-order valence-electron chi connectivity index (χ3n) is 6.94. The fraction of sp³-hybridized carbons (Fsp3) is 0.267. The smallest absolute Gasteiger partial charge is 0.338 e. The van der Waals surface area contributed by atoms with E-state index in [9.17, 15) is 15.3 Å². The van der Waals surface area contributed by atoms with Crippen LogP contribution in [0.15, 0.2) is 74.1 Å². The summed E-state index contributed by atoms with van der Waals surface area (Å²) in [6.45, 7) is 3.45. The number of thiophene rings is 1. The molecule has 0 bridgehead atoms. The molecule has 2 N–H and O–H groups in total. The average Bonchev–Trinajstić information content (AvgIpc) is 3.50. The van der Waals surface area contributed by atoms with Gasteiger partial charge in [-0.05, 0) is 42.6 Å². The van der Waals surface area contributed by atoms with E-state index >= 15 is 0 Å². The van der Waals surface area contributed by atoms with E-state index in [-0.39, 0.29) is 35.1 Å². The third-order valence-corrected chi connectivity index (χ3v) is 9.52. The number of nitriles is 2. The normalized spacial score (nSPS) is 17.0. The molecular weight excluding hydrogens is 622 g/mol. The van der Waals surface area contributed by atoms with E-state index in [1.807, 2.05) is 41.8 Å². The number of allylic oxidation sites excluding steroid dienone is 1. The van der Waals surface area contributed by atoms with Crippen LogP contribution in [0.25, 0.3) is 10.4 Å². The number of carbonyl (C=O) groups excluding carboxylic acids is 1. The highest BCUT2D eigenvalue weighted by Crippen LogP contribution is 2.44. The average molecular weight is 649 g/mol. The van der Waals surface area contributed by atoms with Gasteiger partial charge in [0, 0.05) is 40.1 Å². The van der Waals surface area contributed by atoms with Crippen LogP contribution in [0.4, 0.5) is 0 Å². The number of aromatic nitrogens is 1. The first-order chi connectivity index (χ1) is 19.9. The Labute approximate surface area is 255 Å². The zero-order chi connectivity index (χ0) is 29.1. The van der Waals surface area contributed by atoms with Gasteiger partial charge in [-0.2, -0.15) is 10.5 Å². The Morgan fingerprint density at radius 3 is 2.78 bits per heavy atom. The van der Waals surface area contributed by atoms with Crippen LogP contribution >= 0.6 is 39.0 Å². The molecule has 3 aromatic rings. The van der Waals surface area contributed by atoms with Crippen LogP contribution in [0.5, 0.6) is 0 Å². The maximum atomic E-state index is 13.4. The number of pyridine rings is 1. The van der Waals surface area contributed by atoms with Crippen molar-refractivity contribution in [3.63, 3.8) is 0 Å². The number of halogens is 1. The number of rotatable bonds is 7. The minimum absolute atomic E-state index is 0.0712. The summed E-state index contributed by atoms with van der Waals surface area (Å²) < 4.78 is 12.1. The number of fused-ring (bicyclic) bond motifs is 1. The van der Waals surface area contributed by atoms with Crippen LogP contribution in [0.3, 0.4) is 0 Å². The van der Waals surface area contributed by atoms with Gasteiger partial charge in [0.1, 0.15) is 28.5 Å². The van der Waals surface area contributed by atoms with Crippen molar-refractivity contribution in [1.29, 1.82) is 10.5 Å². The van der Waals surface area contributed by atoms with Crippen LogP contribution < -0.4 is 5.73 Å². The van der Waals surface area contributed by atoms with E-state index in [1.165, 1.54) is 11.8 Å². The maximum absolute atomic E-state index is 13.4. The molecule has 0 saturated carbocycles.